The molecule has 1 aromatic carbocycles. The quantitative estimate of drug-likeness (QED) is 0.868. The molecule has 0 radical (unpaired) electrons. The summed E-state index contributed by atoms with van der Waals surface area (Å²) < 4.78 is 0. The topological polar surface area (TPSA) is 38.7 Å². The van der Waals surface area contributed by atoms with Crippen molar-refractivity contribution in [1.29, 1.82) is 0 Å². The molecule has 1 aliphatic rings. The van der Waals surface area contributed by atoms with Gasteiger partial charge in [0.25, 0.3) is 0 Å². The first kappa shape index (κ1) is 16.3. The summed E-state index contributed by atoms with van der Waals surface area (Å²) in [6.45, 7) is 12.7. The summed E-state index contributed by atoms with van der Waals surface area (Å²) in [5, 5.41) is 13.6. The third-order valence-electron chi connectivity index (χ3n) is 4.55. The molecular weight excluding hydrogens is 262 g/mol. The second-order valence-electron chi connectivity index (χ2n) is 6.79. The molecule has 21 heavy (non-hydrogen) atoms. The largest absolute Gasteiger partial charge is 0.507 e. The molecule has 0 aliphatic carbocycles. The Bertz CT molecular complexity index is 465. The van der Waals surface area contributed by atoms with E-state index in [4.69, 9.17) is 0 Å². The van der Waals surface area contributed by atoms with Gasteiger partial charge < -0.3 is 15.3 Å². The van der Waals surface area contributed by atoms with Crippen LogP contribution in [0, 0.1) is 6.92 Å². The van der Waals surface area contributed by atoms with Crippen LogP contribution in [0.1, 0.15) is 25.0 Å². The Kier molecular flexibility index (Phi) is 5.25. The van der Waals surface area contributed by atoms with Gasteiger partial charge >= 0.3 is 0 Å². The van der Waals surface area contributed by atoms with Crippen molar-refractivity contribution >= 4 is 0 Å². The van der Waals surface area contributed by atoms with E-state index < -0.39 is 0 Å². The molecule has 2 N–H and O–H groups in total. The molecule has 118 valence electrons. The number of phenolic OH excluding ortho intramolecular Hbond substituents is 1. The number of phenols is 1. The Morgan fingerprint density at radius 1 is 1.19 bits per heavy atom. The van der Waals surface area contributed by atoms with Gasteiger partial charge in [-0.25, -0.2) is 0 Å². The van der Waals surface area contributed by atoms with Gasteiger partial charge in [-0.1, -0.05) is 18.2 Å². The van der Waals surface area contributed by atoms with Gasteiger partial charge in [-0.05, 0) is 33.4 Å². The molecule has 1 fully saturated rings. The zero-order chi connectivity index (χ0) is 15.5. The van der Waals surface area contributed by atoms with Gasteiger partial charge in [-0.3, -0.25) is 4.90 Å². The molecule has 0 unspecified atom stereocenters. The van der Waals surface area contributed by atoms with E-state index in [0.29, 0.717) is 12.3 Å². The molecule has 0 amide bonds. The van der Waals surface area contributed by atoms with Crippen LogP contribution in [0.3, 0.4) is 0 Å². The van der Waals surface area contributed by atoms with Crippen LogP contribution in [0.15, 0.2) is 18.2 Å². The maximum atomic E-state index is 10.0. The normalized spacial score (nSPS) is 18.1. The Balaban J connectivity index is 1.85. The first-order valence-electron chi connectivity index (χ1n) is 7.82. The van der Waals surface area contributed by atoms with E-state index in [-0.39, 0.29) is 5.54 Å². The van der Waals surface area contributed by atoms with Crippen LogP contribution in [0.2, 0.25) is 0 Å². The van der Waals surface area contributed by atoms with Crippen LogP contribution in [0.5, 0.6) is 5.75 Å². The van der Waals surface area contributed by atoms with E-state index in [1.165, 1.54) is 0 Å². The van der Waals surface area contributed by atoms with Crippen molar-refractivity contribution in [1.82, 2.24) is 15.1 Å². The fourth-order valence-corrected chi connectivity index (χ4v) is 2.89. The highest BCUT2D eigenvalue weighted by Gasteiger charge is 2.28. The summed E-state index contributed by atoms with van der Waals surface area (Å²) >= 11 is 0. The monoisotopic (exact) mass is 291 g/mol. The third kappa shape index (κ3) is 4.19. The van der Waals surface area contributed by atoms with E-state index in [2.05, 4.69) is 36.0 Å². The van der Waals surface area contributed by atoms with E-state index >= 15 is 0 Å². The average molecular weight is 291 g/mol. The Morgan fingerprint density at radius 3 is 2.52 bits per heavy atom. The molecule has 0 aromatic heterocycles. The van der Waals surface area contributed by atoms with Crippen molar-refractivity contribution in [3.63, 3.8) is 0 Å². The lowest BCUT2D eigenvalue weighted by molar-refractivity contribution is 0.0617. The minimum absolute atomic E-state index is 0.140. The van der Waals surface area contributed by atoms with Crippen molar-refractivity contribution in [2.75, 3.05) is 39.8 Å². The highest BCUT2D eigenvalue weighted by Crippen LogP contribution is 2.21. The van der Waals surface area contributed by atoms with Crippen molar-refractivity contribution in [2.45, 2.75) is 32.9 Å². The minimum atomic E-state index is 0.140. The summed E-state index contributed by atoms with van der Waals surface area (Å²) in [7, 11) is 2.18. The second kappa shape index (κ2) is 6.77. The SMILES string of the molecule is Cc1cccc(CNCC(C)(C)N2CCN(C)CC2)c1O. The van der Waals surface area contributed by atoms with Gasteiger partial charge in [0.2, 0.25) is 0 Å². The number of aromatic hydroxyl groups is 1. The molecule has 0 spiro atoms. The molecule has 0 bridgehead atoms. The Morgan fingerprint density at radius 2 is 1.86 bits per heavy atom. The molecule has 2 rings (SSSR count). The number of nitrogens with one attached hydrogen (secondary N) is 1. The maximum Gasteiger partial charge on any atom is 0.122 e. The van der Waals surface area contributed by atoms with Gasteiger partial charge in [0, 0.05) is 50.4 Å². The van der Waals surface area contributed by atoms with Crippen molar-refractivity contribution in [2.24, 2.45) is 0 Å². The lowest BCUT2D eigenvalue weighted by Gasteiger charge is -2.43. The molecule has 4 nitrogen and oxygen atoms in total. The molecule has 0 saturated carbocycles. The van der Waals surface area contributed by atoms with Crippen molar-refractivity contribution in [3.05, 3.63) is 29.3 Å². The van der Waals surface area contributed by atoms with Crippen LogP contribution in [0.25, 0.3) is 0 Å². The van der Waals surface area contributed by atoms with Crippen LogP contribution in [-0.4, -0.2) is 60.2 Å². The molecular formula is C17H29N3O. The van der Waals surface area contributed by atoms with Gasteiger partial charge in [0.1, 0.15) is 5.75 Å². The Labute approximate surface area is 128 Å². The first-order chi connectivity index (χ1) is 9.90. The number of piperazine rings is 1. The summed E-state index contributed by atoms with van der Waals surface area (Å²) in [6, 6.07) is 5.92. The number of hydrogen-bond donors (Lipinski definition) is 2. The highest BCUT2D eigenvalue weighted by molar-refractivity contribution is 5.39. The van der Waals surface area contributed by atoms with Gasteiger partial charge in [0.05, 0.1) is 0 Å². The maximum absolute atomic E-state index is 10.0. The number of nitrogens with zero attached hydrogens (tertiary/aromatic N) is 2. The molecule has 1 heterocycles. The zero-order valence-electron chi connectivity index (χ0n) is 13.8. The summed E-state index contributed by atoms with van der Waals surface area (Å²) in [5.41, 5.74) is 2.05. The standard InChI is InChI=1S/C17H29N3O/c1-14-6-5-7-15(16(14)21)12-18-13-17(2,3)20-10-8-19(4)9-11-20/h5-7,18,21H,8-13H2,1-4H3. The predicted molar refractivity (Wildman–Crippen MR) is 87.7 cm³/mol. The van der Waals surface area contributed by atoms with Crippen LogP contribution in [-0.2, 0) is 6.54 Å². The first-order valence-corrected chi connectivity index (χ1v) is 7.82. The molecule has 4 heteroatoms. The summed E-state index contributed by atoms with van der Waals surface area (Å²) in [5.74, 6) is 0.419. The third-order valence-corrected chi connectivity index (χ3v) is 4.55. The van der Waals surface area contributed by atoms with Gasteiger partial charge in [0.15, 0.2) is 0 Å². The van der Waals surface area contributed by atoms with Crippen LogP contribution in [0.4, 0.5) is 0 Å². The van der Waals surface area contributed by atoms with E-state index in [0.717, 1.165) is 43.9 Å². The van der Waals surface area contributed by atoms with Gasteiger partial charge in [-0.15, -0.1) is 0 Å². The molecule has 1 saturated heterocycles. The van der Waals surface area contributed by atoms with E-state index in [1.54, 1.807) is 0 Å². The predicted octanol–water partition coefficient (Wildman–Crippen LogP) is 1.82. The molecule has 1 aliphatic heterocycles. The molecule has 1 aromatic rings. The number of aryl methyl sites for hydroxylation is 1. The Hall–Kier alpha value is -1.10. The molecule has 0 atom stereocenters. The fourth-order valence-electron chi connectivity index (χ4n) is 2.89. The highest BCUT2D eigenvalue weighted by atomic mass is 16.3. The zero-order valence-corrected chi connectivity index (χ0v) is 13.8. The number of para-hydroxylation sites is 1. The average Bonchev–Trinajstić information content (AvgIpc) is 2.44. The summed E-state index contributed by atoms with van der Waals surface area (Å²) in [6.07, 6.45) is 0. The van der Waals surface area contributed by atoms with E-state index in [9.17, 15) is 5.11 Å². The minimum Gasteiger partial charge on any atom is -0.507 e. The van der Waals surface area contributed by atoms with Crippen LogP contribution < -0.4 is 5.32 Å². The number of rotatable bonds is 5. The lowest BCUT2D eigenvalue weighted by Crippen LogP contribution is -2.57. The number of benzene rings is 1. The lowest BCUT2D eigenvalue weighted by atomic mass is 10.0. The number of likely N-dealkylation sites (N-methyl/N-ethyl adjacent to an activating group) is 1. The fraction of sp³-hybridized carbons (Fsp3) is 0.647. The second-order valence-corrected chi connectivity index (χ2v) is 6.79. The van der Waals surface area contributed by atoms with Gasteiger partial charge in [-0.2, -0.15) is 0 Å². The smallest absolute Gasteiger partial charge is 0.122 e. The van der Waals surface area contributed by atoms with Crippen molar-refractivity contribution < 1.29 is 5.11 Å². The summed E-state index contributed by atoms with van der Waals surface area (Å²) in [4.78, 5) is 4.93. The van der Waals surface area contributed by atoms with E-state index in [1.807, 2.05) is 25.1 Å². The number of hydrogen-bond acceptors (Lipinski definition) is 4. The van der Waals surface area contributed by atoms with Crippen LogP contribution >= 0.6 is 0 Å². The van der Waals surface area contributed by atoms with Crippen molar-refractivity contribution in [3.8, 4) is 5.75 Å².